The Balaban J connectivity index is 1.21. The highest BCUT2D eigenvalue weighted by Gasteiger charge is 2.46. The number of sulfonamides is 1. The van der Waals surface area contributed by atoms with E-state index in [0.717, 1.165) is 17.0 Å². The molecule has 0 saturated heterocycles. The van der Waals surface area contributed by atoms with Gasteiger partial charge in [-0.25, -0.2) is 28.5 Å². The summed E-state index contributed by atoms with van der Waals surface area (Å²) in [5.41, 5.74) is 4.26. The molecule has 4 N–H and O–H groups in total. The second-order valence-corrected chi connectivity index (χ2v) is 11.9. The van der Waals surface area contributed by atoms with E-state index in [2.05, 4.69) is 37.8 Å². The Bertz CT molecular complexity index is 1680. The molecule has 10 nitrogen and oxygen atoms in total. The van der Waals surface area contributed by atoms with Gasteiger partial charge in [-0.2, -0.15) is 0 Å². The van der Waals surface area contributed by atoms with Gasteiger partial charge in [0.25, 0.3) is 0 Å². The van der Waals surface area contributed by atoms with Crippen LogP contribution in [0.1, 0.15) is 53.9 Å². The largest absolute Gasteiger partial charge is 0.378 e. The molecule has 1 amide bonds. The zero-order chi connectivity index (χ0) is 26.6. The summed E-state index contributed by atoms with van der Waals surface area (Å²) in [7, 11) is -4.15. The van der Waals surface area contributed by atoms with Gasteiger partial charge in [0, 0.05) is 36.1 Å². The van der Waals surface area contributed by atoms with Crippen LogP contribution in [0.2, 0.25) is 5.02 Å². The minimum absolute atomic E-state index is 0.0595. The molecule has 0 radical (unpaired) electrons. The first-order valence-corrected chi connectivity index (χ1v) is 14.3. The van der Waals surface area contributed by atoms with Crippen molar-refractivity contribution in [1.29, 1.82) is 0 Å². The highest BCUT2D eigenvalue weighted by Crippen LogP contribution is 2.47. The molecule has 6 rings (SSSR count). The van der Waals surface area contributed by atoms with Crippen LogP contribution in [0.4, 0.5) is 11.4 Å². The van der Waals surface area contributed by atoms with Gasteiger partial charge in [-0.05, 0) is 61.9 Å². The van der Waals surface area contributed by atoms with Gasteiger partial charge in [0.15, 0.2) is 0 Å². The fourth-order valence-electron chi connectivity index (χ4n) is 4.66. The Kier molecular flexibility index (Phi) is 6.09. The number of imidazole rings is 1. The van der Waals surface area contributed by atoms with E-state index in [0.29, 0.717) is 30.4 Å². The molecule has 0 bridgehead atoms. The number of nitrogens with two attached hydrogens (primary N) is 1. The van der Waals surface area contributed by atoms with Crippen molar-refractivity contribution in [3.05, 3.63) is 76.7 Å². The van der Waals surface area contributed by atoms with Crippen LogP contribution in [0, 0.1) is 12.8 Å². The van der Waals surface area contributed by atoms with Gasteiger partial charge in [-0.15, -0.1) is 0 Å². The number of rotatable bonds is 8. The normalized spacial score (nSPS) is 18.9. The predicted molar refractivity (Wildman–Crippen MR) is 144 cm³/mol. The summed E-state index contributed by atoms with van der Waals surface area (Å²) >= 11 is 6.41. The number of pyridine rings is 1. The molecule has 196 valence electrons. The Morgan fingerprint density at radius 2 is 1.97 bits per heavy atom. The fourth-order valence-corrected chi connectivity index (χ4v) is 5.65. The van der Waals surface area contributed by atoms with E-state index in [1.54, 1.807) is 12.3 Å². The lowest BCUT2D eigenvalue weighted by Crippen LogP contribution is -2.20. The summed E-state index contributed by atoms with van der Waals surface area (Å²) in [6.45, 7) is 2.21. The van der Waals surface area contributed by atoms with Crippen LogP contribution in [0.3, 0.4) is 0 Å². The molecule has 2 aliphatic rings. The Morgan fingerprint density at radius 3 is 2.71 bits per heavy atom. The van der Waals surface area contributed by atoms with Gasteiger partial charge < -0.3 is 15.0 Å². The zero-order valence-corrected chi connectivity index (χ0v) is 22.1. The molecule has 3 aromatic heterocycles. The molecule has 1 aromatic carbocycles. The number of amides is 1. The SMILES string of the molecule is Cc1ccnc([C@H]2C[C@@H]2C(=O)Nc2cc(NCc3cn4cc(C5CC5)ccc4n3)c(Cl)cc2S(N)(=O)=O)n1. The highest BCUT2D eigenvalue weighted by atomic mass is 35.5. The number of nitrogens with zero attached hydrogens (tertiary/aromatic N) is 4. The predicted octanol–water partition coefficient (Wildman–Crippen LogP) is 3.97. The average Bonchev–Trinajstić information content (AvgIpc) is 3.79. The van der Waals surface area contributed by atoms with Crippen molar-refractivity contribution in [2.45, 2.75) is 49.5 Å². The van der Waals surface area contributed by atoms with Crippen molar-refractivity contribution >= 4 is 44.6 Å². The van der Waals surface area contributed by atoms with Crippen LogP contribution in [0.5, 0.6) is 0 Å². The molecule has 2 aliphatic carbocycles. The first kappa shape index (κ1) is 24.8. The standard InChI is InChI=1S/C26H26ClN7O3S/c1-14-6-7-29-25(31-14)18-8-19(18)26(35)33-22-10-21(20(27)9-23(22)38(28,36)37)30-11-17-13-34-12-16(15-2-3-15)4-5-24(34)32-17/h4-7,9-10,12-13,15,18-19,30H,2-3,8,11H2,1H3,(H,33,35)(H2,28,36,37)/t18-,19-/m0/s1. The van der Waals surface area contributed by atoms with Gasteiger partial charge >= 0.3 is 0 Å². The summed E-state index contributed by atoms with van der Waals surface area (Å²) < 4.78 is 26.6. The van der Waals surface area contributed by atoms with Crippen LogP contribution in [-0.4, -0.2) is 33.7 Å². The maximum absolute atomic E-state index is 13.0. The lowest BCUT2D eigenvalue weighted by atomic mass is 10.2. The van der Waals surface area contributed by atoms with Crippen molar-refractivity contribution in [2.24, 2.45) is 11.1 Å². The minimum Gasteiger partial charge on any atom is -0.378 e. The smallest absolute Gasteiger partial charge is 0.240 e. The first-order chi connectivity index (χ1) is 18.2. The number of carbonyl (C=O) groups is 1. The quantitative estimate of drug-likeness (QED) is 0.300. The van der Waals surface area contributed by atoms with Crippen LogP contribution >= 0.6 is 11.6 Å². The van der Waals surface area contributed by atoms with Gasteiger partial charge in [0.2, 0.25) is 15.9 Å². The summed E-state index contributed by atoms with van der Waals surface area (Å²) in [5.74, 6) is 0.435. The van der Waals surface area contributed by atoms with E-state index in [-0.39, 0.29) is 33.3 Å². The molecule has 0 unspecified atom stereocenters. The first-order valence-electron chi connectivity index (χ1n) is 12.3. The van der Waals surface area contributed by atoms with Crippen molar-refractivity contribution in [2.75, 3.05) is 10.6 Å². The molecular formula is C26H26ClN7O3S. The summed E-state index contributed by atoms with van der Waals surface area (Å²) in [4.78, 5) is 26.1. The van der Waals surface area contributed by atoms with E-state index >= 15 is 0 Å². The number of carbonyl (C=O) groups excluding carboxylic acids is 1. The molecule has 38 heavy (non-hydrogen) atoms. The van der Waals surface area contributed by atoms with Crippen LogP contribution in [0.25, 0.3) is 5.65 Å². The van der Waals surface area contributed by atoms with Gasteiger partial charge in [-0.1, -0.05) is 17.7 Å². The van der Waals surface area contributed by atoms with Gasteiger partial charge in [0.05, 0.1) is 28.6 Å². The fraction of sp³-hybridized carbons (Fsp3) is 0.308. The van der Waals surface area contributed by atoms with Crippen molar-refractivity contribution < 1.29 is 13.2 Å². The minimum atomic E-state index is -4.15. The lowest BCUT2D eigenvalue weighted by molar-refractivity contribution is -0.117. The monoisotopic (exact) mass is 551 g/mol. The number of aromatic nitrogens is 4. The van der Waals surface area contributed by atoms with E-state index in [4.69, 9.17) is 16.7 Å². The van der Waals surface area contributed by atoms with Gasteiger partial charge in [0.1, 0.15) is 16.4 Å². The molecular weight excluding hydrogens is 526 g/mol. The molecule has 2 atom stereocenters. The number of hydrogen-bond donors (Lipinski definition) is 3. The van der Waals surface area contributed by atoms with E-state index < -0.39 is 10.0 Å². The molecule has 0 spiro atoms. The van der Waals surface area contributed by atoms with Crippen LogP contribution < -0.4 is 15.8 Å². The second kappa shape index (κ2) is 9.33. The number of nitrogens with one attached hydrogen (secondary N) is 2. The zero-order valence-electron chi connectivity index (χ0n) is 20.6. The third-order valence-corrected chi connectivity index (χ3v) is 8.20. The summed E-state index contributed by atoms with van der Waals surface area (Å²) in [6, 6.07) is 8.64. The van der Waals surface area contributed by atoms with Crippen molar-refractivity contribution in [1.82, 2.24) is 19.4 Å². The number of anilines is 2. The maximum atomic E-state index is 13.0. The number of halogens is 1. The number of aryl methyl sites for hydroxylation is 1. The second-order valence-electron chi connectivity index (χ2n) is 9.96. The summed E-state index contributed by atoms with van der Waals surface area (Å²) in [6.07, 6.45) is 8.75. The third kappa shape index (κ3) is 5.09. The molecule has 3 heterocycles. The maximum Gasteiger partial charge on any atom is 0.240 e. The van der Waals surface area contributed by atoms with Crippen molar-refractivity contribution in [3.63, 3.8) is 0 Å². The molecule has 12 heteroatoms. The van der Waals surface area contributed by atoms with Crippen molar-refractivity contribution in [3.8, 4) is 0 Å². The Hall–Kier alpha value is -3.54. The van der Waals surface area contributed by atoms with E-state index in [1.807, 2.05) is 23.6 Å². The lowest BCUT2D eigenvalue weighted by Gasteiger charge is -2.14. The van der Waals surface area contributed by atoms with Crippen LogP contribution in [-0.2, 0) is 21.4 Å². The number of benzene rings is 1. The number of primary sulfonamides is 1. The van der Waals surface area contributed by atoms with Crippen LogP contribution in [0.15, 0.2) is 53.8 Å². The molecule has 2 saturated carbocycles. The molecule has 4 aromatic rings. The van der Waals surface area contributed by atoms with E-state index in [9.17, 15) is 13.2 Å². The summed E-state index contributed by atoms with van der Waals surface area (Å²) in [5, 5.41) is 11.5. The topological polar surface area (TPSA) is 144 Å². The highest BCUT2D eigenvalue weighted by molar-refractivity contribution is 7.89. The van der Waals surface area contributed by atoms with Gasteiger partial charge in [-0.3, -0.25) is 4.79 Å². The van der Waals surface area contributed by atoms with E-state index in [1.165, 1.54) is 30.5 Å². The Morgan fingerprint density at radius 1 is 1.16 bits per heavy atom. The average molecular weight is 552 g/mol. The molecule has 2 fully saturated rings. The Labute approximate surface area is 224 Å². The number of hydrogen-bond acceptors (Lipinski definition) is 7. The number of fused-ring (bicyclic) bond motifs is 1. The molecule has 0 aliphatic heterocycles. The third-order valence-electron chi connectivity index (χ3n) is 6.94.